The van der Waals surface area contributed by atoms with Gasteiger partial charge in [0.25, 0.3) is 5.89 Å². The van der Waals surface area contributed by atoms with Gasteiger partial charge in [0, 0.05) is 10.9 Å². The third-order valence-corrected chi connectivity index (χ3v) is 4.94. The van der Waals surface area contributed by atoms with E-state index in [0.717, 1.165) is 9.35 Å². The van der Waals surface area contributed by atoms with E-state index in [4.69, 9.17) is 14.0 Å². The number of benzene rings is 1. The number of hydrogen-bond donors (Lipinski definition) is 0. The van der Waals surface area contributed by atoms with E-state index in [1.807, 2.05) is 17.5 Å². The quantitative estimate of drug-likeness (QED) is 0.373. The molecule has 0 aliphatic heterocycles. The monoisotopic (exact) mass is 450 g/mol. The van der Waals surface area contributed by atoms with E-state index >= 15 is 0 Å². The van der Waals surface area contributed by atoms with Crippen LogP contribution in [0.5, 0.6) is 5.75 Å². The lowest BCUT2D eigenvalue weighted by Crippen LogP contribution is -2.09. The number of rotatable bonds is 8. The van der Waals surface area contributed by atoms with Crippen molar-refractivity contribution in [1.82, 2.24) is 10.1 Å². The summed E-state index contributed by atoms with van der Waals surface area (Å²) in [6.07, 6.45) is -0.0453. The van der Waals surface area contributed by atoms with Crippen LogP contribution in [0.2, 0.25) is 0 Å². The van der Waals surface area contributed by atoms with E-state index in [1.54, 1.807) is 18.2 Å². The molecule has 140 valence electrons. The second-order valence-electron chi connectivity index (χ2n) is 5.42. The normalized spacial score (nSPS) is 10.6. The fourth-order valence-corrected chi connectivity index (χ4v) is 3.29. The highest BCUT2D eigenvalue weighted by Crippen LogP contribution is 2.25. The van der Waals surface area contributed by atoms with Gasteiger partial charge in [-0.3, -0.25) is 9.59 Å². The molecule has 9 heteroatoms. The van der Waals surface area contributed by atoms with Crippen molar-refractivity contribution in [3.05, 3.63) is 51.6 Å². The standard InChI is InChI=1S/C18H15BrN2O5S/c1-24-14-6-4-11(19)9-12(14)13(22)5-7-17(23)25-10-16-20-18(21-26-16)15-3-2-8-27-15/h2-4,6,8-9H,5,7,10H2,1H3. The topological polar surface area (TPSA) is 91.5 Å². The number of methoxy groups -OCH3 is 1. The van der Waals surface area contributed by atoms with E-state index in [2.05, 4.69) is 26.1 Å². The van der Waals surface area contributed by atoms with Crippen LogP contribution in [0.3, 0.4) is 0 Å². The number of nitrogens with zero attached hydrogens (tertiary/aromatic N) is 2. The second-order valence-corrected chi connectivity index (χ2v) is 7.28. The zero-order valence-corrected chi connectivity index (χ0v) is 16.7. The van der Waals surface area contributed by atoms with Crippen molar-refractivity contribution in [1.29, 1.82) is 0 Å². The van der Waals surface area contributed by atoms with Crippen LogP contribution in [0.1, 0.15) is 29.1 Å². The number of ether oxygens (including phenoxy) is 2. The van der Waals surface area contributed by atoms with Gasteiger partial charge in [-0.15, -0.1) is 11.3 Å². The van der Waals surface area contributed by atoms with Gasteiger partial charge < -0.3 is 14.0 Å². The number of halogens is 1. The number of carbonyl (C=O) groups excluding carboxylic acids is 2. The molecule has 3 rings (SSSR count). The molecule has 3 aromatic rings. The first-order valence-corrected chi connectivity index (χ1v) is 9.63. The highest BCUT2D eigenvalue weighted by Gasteiger charge is 2.16. The fourth-order valence-electron chi connectivity index (χ4n) is 2.28. The van der Waals surface area contributed by atoms with Crippen LogP contribution in [0.25, 0.3) is 10.7 Å². The van der Waals surface area contributed by atoms with Crippen molar-refractivity contribution in [3.63, 3.8) is 0 Å². The van der Waals surface area contributed by atoms with Crippen molar-refractivity contribution >= 4 is 39.0 Å². The SMILES string of the molecule is COc1ccc(Br)cc1C(=O)CCC(=O)OCc1nc(-c2cccs2)no1. The fraction of sp³-hybridized carbons (Fsp3) is 0.222. The summed E-state index contributed by atoms with van der Waals surface area (Å²) in [4.78, 5) is 29.3. The van der Waals surface area contributed by atoms with Gasteiger partial charge in [-0.2, -0.15) is 4.98 Å². The molecular formula is C18H15BrN2O5S. The average Bonchev–Trinajstić information content (AvgIpc) is 3.35. The molecule has 0 fully saturated rings. The molecule has 0 amide bonds. The van der Waals surface area contributed by atoms with Crippen molar-refractivity contribution in [2.45, 2.75) is 19.4 Å². The number of carbonyl (C=O) groups is 2. The second kappa shape index (κ2) is 8.92. The first kappa shape index (κ1) is 19.2. The maximum absolute atomic E-state index is 12.3. The minimum Gasteiger partial charge on any atom is -0.496 e. The Labute approximate surface area is 167 Å². The molecule has 0 saturated carbocycles. The van der Waals surface area contributed by atoms with Crippen LogP contribution >= 0.6 is 27.3 Å². The summed E-state index contributed by atoms with van der Waals surface area (Å²) in [5.74, 6) is 0.388. The Balaban J connectivity index is 1.50. The lowest BCUT2D eigenvalue weighted by molar-refractivity contribution is -0.145. The minimum absolute atomic E-state index is 0.00985. The number of hydrogen-bond acceptors (Lipinski definition) is 8. The van der Waals surface area contributed by atoms with Crippen molar-refractivity contribution in [2.24, 2.45) is 0 Å². The average molecular weight is 451 g/mol. The minimum atomic E-state index is -0.520. The third-order valence-electron chi connectivity index (χ3n) is 3.58. The molecule has 1 aromatic carbocycles. The molecule has 0 N–H and O–H groups in total. The van der Waals surface area contributed by atoms with Crippen molar-refractivity contribution < 1.29 is 23.6 Å². The van der Waals surface area contributed by atoms with E-state index < -0.39 is 5.97 Å². The largest absolute Gasteiger partial charge is 0.496 e. The molecule has 0 spiro atoms. The third kappa shape index (κ3) is 5.01. The molecule has 2 heterocycles. The Bertz CT molecular complexity index is 939. The number of aromatic nitrogens is 2. The summed E-state index contributed by atoms with van der Waals surface area (Å²) in [6, 6.07) is 8.88. The number of esters is 1. The van der Waals surface area contributed by atoms with Crippen molar-refractivity contribution in [3.8, 4) is 16.5 Å². The number of thiophene rings is 1. The first-order valence-electron chi connectivity index (χ1n) is 7.95. The summed E-state index contributed by atoms with van der Waals surface area (Å²) < 4.78 is 16.1. The van der Waals surface area contributed by atoms with E-state index in [-0.39, 0.29) is 31.1 Å². The lowest BCUT2D eigenvalue weighted by atomic mass is 10.1. The first-order chi connectivity index (χ1) is 13.1. The van der Waals surface area contributed by atoms with Crippen molar-refractivity contribution in [2.75, 3.05) is 7.11 Å². The number of Topliss-reactive ketones (excluding diaryl/α,β-unsaturated/α-hetero) is 1. The smallest absolute Gasteiger partial charge is 0.306 e. The molecule has 0 aliphatic rings. The molecule has 0 aliphatic carbocycles. The van der Waals surface area contributed by atoms with Gasteiger partial charge in [-0.1, -0.05) is 27.2 Å². The van der Waals surface area contributed by atoms with Gasteiger partial charge in [0.05, 0.1) is 24.0 Å². The van der Waals surface area contributed by atoms with Gasteiger partial charge in [0.1, 0.15) is 5.75 Å². The van der Waals surface area contributed by atoms with Gasteiger partial charge in [0.2, 0.25) is 5.82 Å². The lowest BCUT2D eigenvalue weighted by Gasteiger charge is -2.08. The van der Waals surface area contributed by atoms with Crippen LogP contribution in [-0.2, 0) is 16.1 Å². The maximum atomic E-state index is 12.3. The molecule has 0 atom stereocenters. The Morgan fingerprint density at radius 1 is 1.26 bits per heavy atom. The summed E-state index contributed by atoms with van der Waals surface area (Å²) in [7, 11) is 1.49. The molecule has 27 heavy (non-hydrogen) atoms. The molecule has 7 nitrogen and oxygen atoms in total. The van der Waals surface area contributed by atoms with Gasteiger partial charge in [-0.25, -0.2) is 0 Å². The molecular weight excluding hydrogens is 436 g/mol. The summed E-state index contributed by atoms with van der Waals surface area (Å²) >= 11 is 4.80. The maximum Gasteiger partial charge on any atom is 0.306 e. The van der Waals surface area contributed by atoms with Gasteiger partial charge >= 0.3 is 5.97 Å². The summed E-state index contributed by atoms with van der Waals surface area (Å²) in [5.41, 5.74) is 0.414. The molecule has 2 aromatic heterocycles. The molecule has 0 unspecified atom stereocenters. The highest BCUT2D eigenvalue weighted by molar-refractivity contribution is 9.10. The summed E-state index contributed by atoms with van der Waals surface area (Å²) in [5, 5.41) is 5.74. The number of ketones is 1. The Hall–Kier alpha value is -2.52. The van der Waals surface area contributed by atoms with Gasteiger partial charge in [-0.05, 0) is 29.6 Å². The molecule has 0 radical (unpaired) electrons. The van der Waals surface area contributed by atoms with Crippen LogP contribution in [0.4, 0.5) is 0 Å². The van der Waals surface area contributed by atoms with Crippen LogP contribution in [-0.4, -0.2) is 29.0 Å². The molecule has 0 bridgehead atoms. The predicted molar refractivity (Wildman–Crippen MR) is 102 cm³/mol. The zero-order valence-electron chi connectivity index (χ0n) is 14.3. The van der Waals surface area contributed by atoms with Crippen LogP contribution in [0, 0.1) is 0 Å². The Morgan fingerprint density at radius 3 is 2.85 bits per heavy atom. The predicted octanol–water partition coefficient (Wildman–Crippen LogP) is 4.28. The Kier molecular flexibility index (Phi) is 6.36. The molecule has 0 saturated heterocycles. The Morgan fingerprint density at radius 2 is 2.11 bits per heavy atom. The highest BCUT2D eigenvalue weighted by atomic mass is 79.9. The van der Waals surface area contributed by atoms with E-state index in [9.17, 15) is 9.59 Å². The van der Waals surface area contributed by atoms with E-state index in [0.29, 0.717) is 17.1 Å². The van der Waals surface area contributed by atoms with E-state index in [1.165, 1.54) is 18.4 Å². The van der Waals surface area contributed by atoms with Crippen LogP contribution in [0.15, 0.2) is 44.7 Å². The summed E-state index contributed by atoms with van der Waals surface area (Å²) in [6.45, 7) is -0.133. The zero-order chi connectivity index (χ0) is 19.2. The van der Waals surface area contributed by atoms with Crippen LogP contribution < -0.4 is 4.74 Å². The van der Waals surface area contributed by atoms with Gasteiger partial charge in [0.15, 0.2) is 12.4 Å².